The molecule has 270 valence electrons. The summed E-state index contributed by atoms with van der Waals surface area (Å²) in [6, 6.07) is 30.2. The van der Waals surface area contributed by atoms with Gasteiger partial charge in [0.05, 0.1) is 37.9 Å². The Hall–Kier alpha value is -2.26. The third-order valence-electron chi connectivity index (χ3n) is 9.21. The van der Waals surface area contributed by atoms with Crippen LogP contribution in [0.25, 0.3) is 0 Å². The average molecular weight is 756 g/mol. The van der Waals surface area contributed by atoms with Gasteiger partial charge >= 0.3 is 0 Å². The van der Waals surface area contributed by atoms with Gasteiger partial charge in [0.15, 0.2) is 24.2 Å². The highest BCUT2D eigenvalue weighted by Gasteiger charge is 2.61. The first-order valence-electron chi connectivity index (χ1n) is 17.3. The van der Waals surface area contributed by atoms with Crippen molar-refractivity contribution in [3.05, 3.63) is 108 Å². The molecule has 0 saturated carbocycles. The first kappa shape index (κ1) is 36.1. The Balaban J connectivity index is 1.10. The van der Waals surface area contributed by atoms with Gasteiger partial charge in [0.25, 0.3) is 0 Å². The molecule has 10 atom stereocenters. The smallest absolute Gasteiger partial charge is 0.190 e. The van der Waals surface area contributed by atoms with Crippen LogP contribution in [0.2, 0.25) is 0 Å². The molecule has 3 aromatic carbocycles. The molecule has 11 heteroatoms. The van der Waals surface area contributed by atoms with E-state index in [0.717, 1.165) is 16.7 Å². The van der Waals surface area contributed by atoms with Gasteiger partial charge in [0, 0.05) is 0 Å². The van der Waals surface area contributed by atoms with Gasteiger partial charge in [-0.3, -0.25) is 0 Å². The maximum absolute atomic E-state index is 6.70. The summed E-state index contributed by atoms with van der Waals surface area (Å²) in [7, 11) is 0. The summed E-state index contributed by atoms with van der Waals surface area (Å²) < 4.78 is 64.2. The van der Waals surface area contributed by atoms with E-state index in [1.807, 2.05) is 119 Å². The van der Waals surface area contributed by atoms with Crippen molar-refractivity contribution < 1.29 is 47.4 Å². The monoisotopic (exact) mass is 754 g/mol. The van der Waals surface area contributed by atoms with Crippen LogP contribution >= 0.6 is 15.9 Å². The molecule has 4 aliphatic rings. The van der Waals surface area contributed by atoms with Crippen LogP contribution in [0.4, 0.5) is 0 Å². The second kappa shape index (κ2) is 15.8. The summed E-state index contributed by atoms with van der Waals surface area (Å²) in [5.41, 5.74) is 3.17. The quantitative estimate of drug-likeness (QED) is 0.186. The Labute approximate surface area is 302 Å². The van der Waals surface area contributed by atoms with Crippen molar-refractivity contribution in [3.8, 4) is 0 Å². The van der Waals surface area contributed by atoms with Gasteiger partial charge in [0.1, 0.15) is 42.7 Å². The van der Waals surface area contributed by atoms with E-state index < -0.39 is 65.6 Å². The van der Waals surface area contributed by atoms with E-state index in [1.54, 1.807) is 0 Å². The van der Waals surface area contributed by atoms with Crippen molar-refractivity contribution >= 4 is 15.9 Å². The molecule has 0 amide bonds. The number of hydrogen-bond donors (Lipinski definition) is 0. The van der Waals surface area contributed by atoms with Crippen molar-refractivity contribution in [1.82, 2.24) is 0 Å². The van der Waals surface area contributed by atoms with Crippen LogP contribution in [0, 0.1) is 0 Å². The second-order valence-corrected chi connectivity index (χ2v) is 15.1. The fourth-order valence-electron chi connectivity index (χ4n) is 6.94. The van der Waals surface area contributed by atoms with Crippen LogP contribution in [0.1, 0.15) is 44.4 Å². The summed E-state index contributed by atoms with van der Waals surface area (Å²) in [5, 5.41) is 0. The highest BCUT2D eigenvalue weighted by atomic mass is 79.9. The number of halogens is 1. The molecule has 10 nitrogen and oxygen atoms in total. The second-order valence-electron chi connectivity index (χ2n) is 14.1. The molecule has 0 unspecified atom stereocenters. The number of ether oxygens (including phenoxy) is 10. The zero-order valence-electron chi connectivity index (χ0n) is 28.9. The normalized spacial score (nSPS) is 34.3. The molecular weight excluding hydrogens is 708 g/mol. The first-order valence-corrected chi connectivity index (χ1v) is 18.3. The fraction of sp³-hybridized carbons (Fsp3) is 0.538. The van der Waals surface area contributed by atoms with Crippen molar-refractivity contribution in [1.29, 1.82) is 0 Å². The zero-order chi connectivity index (χ0) is 34.7. The van der Waals surface area contributed by atoms with Crippen molar-refractivity contribution in [2.24, 2.45) is 0 Å². The van der Waals surface area contributed by atoms with Crippen LogP contribution in [-0.4, -0.2) is 84.9 Å². The number of fused-ring (bicyclic) bond motifs is 3. The predicted octanol–water partition coefficient (Wildman–Crippen LogP) is 6.28. The molecule has 4 aliphatic heterocycles. The van der Waals surface area contributed by atoms with E-state index in [9.17, 15) is 0 Å². The van der Waals surface area contributed by atoms with Gasteiger partial charge in [-0.1, -0.05) is 107 Å². The topological polar surface area (TPSA) is 92.3 Å². The Morgan fingerprint density at radius 1 is 0.540 bits per heavy atom. The molecule has 3 aromatic rings. The lowest BCUT2D eigenvalue weighted by molar-refractivity contribution is -0.292. The first-order chi connectivity index (χ1) is 24.1. The van der Waals surface area contributed by atoms with E-state index in [2.05, 4.69) is 15.9 Å². The molecule has 0 N–H and O–H groups in total. The van der Waals surface area contributed by atoms with Crippen LogP contribution in [0.3, 0.4) is 0 Å². The molecule has 0 bridgehead atoms. The SMILES string of the molecule is CC1(C)O[C@H]2[C@@H](O1)[C@@H](CO[C@@H]1O[C@H](COCc3ccccc3)[C@H](OCc3ccccc3)[C@H](OCc3ccccc3)[C@H]1Br)O[C@@H]1OC(C)(C)O[C@@H]12. The van der Waals surface area contributed by atoms with E-state index in [4.69, 9.17) is 47.4 Å². The van der Waals surface area contributed by atoms with Gasteiger partial charge in [0.2, 0.25) is 0 Å². The largest absolute Gasteiger partial charge is 0.374 e. The van der Waals surface area contributed by atoms with Gasteiger partial charge < -0.3 is 47.4 Å². The van der Waals surface area contributed by atoms with Crippen LogP contribution in [0.15, 0.2) is 91.0 Å². The van der Waals surface area contributed by atoms with E-state index in [-0.39, 0.29) is 19.3 Å². The Morgan fingerprint density at radius 3 is 1.68 bits per heavy atom. The Bertz CT molecular complexity index is 1490. The minimum atomic E-state index is -0.817. The predicted molar refractivity (Wildman–Crippen MR) is 186 cm³/mol. The fourth-order valence-corrected chi connectivity index (χ4v) is 7.68. The van der Waals surface area contributed by atoms with E-state index >= 15 is 0 Å². The molecule has 7 rings (SSSR count). The number of rotatable bonds is 13. The summed E-state index contributed by atoms with van der Waals surface area (Å²) in [6.45, 7) is 9.13. The average Bonchev–Trinajstić information content (AvgIpc) is 3.61. The lowest BCUT2D eigenvalue weighted by atomic mass is 9.99. The summed E-state index contributed by atoms with van der Waals surface area (Å²) in [5.74, 6) is -1.63. The summed E-state index contributed by atoms with van der Waals surface area (Å²) in [6.07, 6.45) is -4.55. The van der Waals surface area contributed by atoms with Crippen LogP contribution < -0.4 is 0 Å². The molecule has 4 heterocycles. The van der Waals surface area contributed by atoms with Gasteiger partial charge in [-0.2, -0.15) is 0 Å². The van der Waals surface area contributed by atoms with Crippen LogP contribution in [-0.2, 0) is 67.2 Å². The third kappa shape index (κ3) is 8.67. The van der Waals surface area contributed by atoms with Gasteiger partial charge in [-0.15, -0.1) is 0 Å². The molecule has 0 aromatic heterocycles. The Morgan fingerprint density at radius 2 is 1.06 bits per heavy atom. The Kier molecular flexibility index (Phi) is 11.4. The summed E-state index contributed by atoms with van der Waals surface area (Å²) in [4.78, 5) is -0.397. The summed E-state index contributed by atoms with van der Waals surface area (Å²) >= 11 is 3.92. The molecule has 4 saturated heterocycles. The van der Waals surface area contributed by atoms with Crippen molar-refractivity contribution in [3.63, 3.8) is 0 Å². The molecule has 4 fully saturated rings. The molecule has 0 radical (unpaired) electrons. The standard InChI is InChI=1S/C39H47BrO10/c1-38(2)47-32-29(46-37-35(34(32)48-38)49-39(3,4)50-37)24-44-36-30(40)33(43-22-27-18-12-7-13-19-27)31(42-21-26-16-10-6-11-17-26)28(45-36)23-41-20-25-14-8-5-9-15-25/h5-19,28-37H,20-24H2,1-4H3/t28-,29-,30-,31+,32+,33-,34+,35-,36-,37-/m1/s1. The maximum Gasteiger partial charge on any atom is 0.190 e. The van der Waals surface area contributed by atoms with E-state index in [0.29, 0.717) is 19.8 Å². The lowest BCUT2D eigenvalue weighted by Crippen LogP contribution is -2.60. The lowest BCUT2D eigenvalue weighted by Gasteiger charge is -2.45. The number of hydrogen-bond acceptors (Lipinski definition) is 10. The highest BCUT2D eigenvalue weighted by molar-refractivity contribution is 9.09. The van der Waals surface area contributed by atoms with Gasteiger partial charge in [-0.25, -0.2) is 0 Å². The van der Waals surface area contributed by atoms with Crippen molar-refractivity contribution in [2.45, 2.75) is 119 Å². The van der Waals surface area contributed by atoms with Gasteiger partial charge in [-0.05, 0) is 44.4 Å². The molecular formula is C39H47BrO10. The third-order valence-corrected chi connectivity index (χ3v) is 10.2. The molecule has 0 spiro atoms. The number of alkyl halides is 1. The maximum atomic E-state index is 6.70. The minimum Gasteiger partial charge on any atom is -0.374 e. The van der Waals surface area contributed by atoms with E-state index in [1.165, 1.54) is 0 Å². The molecule has 50 heavy (non-hydrogen) atoms. The molecule has 0 aliphatic carbocycles. The van der Waals surface area contributed by atoms with Crippen molar-refractivity contribution in [2.75, 3.05) is 13.2 Å². The van der Waals surface area contributed by atoms with Crippen LogP contribution in [0.5, 0.6) is 0 Å². The highest BCUT2D eigenvalue weighted by Crippen LogP contribution is 2.44. The number of benzene rings is 3. The zero-order valence-corrected chi connectivity index (χ0v) is 30.5. The minimum absolute atomic E-state index is 0.152.